The van der Waals surface area contributed by atoms with Gasteiger partial charge in [0.25, 0.3) is 0 Å². The molecule has 2 aromatic rings. The summed E-state index contributed by atoms with van der Waals surface area (Å²) in [7, 11) is 0. The van der Waals surface area contributed by atoms with E-state index in [9.17, 15) is 4.79 Å². The molecule has 0 aliphatic carbocycles. The van der Waals surface area contributed by atoms with Crippen LogP contribution in [-0.2, 0) is 4.74 Å². The van der Waals surface area contributed by atoms with Crippen LogP contribution in [-0.4, -0.2) is 22.0 Å². The van der Waals surface area contributed by atoms with Crippen molar-refractivity contribution < 1.29 is 9.53 Å². The standard InChI is InChI=1S/C12H14N2O2/c1-4-16-12(15)10-6-5-7-11-13-8(2)9(3)14(10)11/h5-7H,4H2,1-3H3. The molecule has 16 heavy (non-hydrogen) atoms. The second-order valence-corrected chi connectivity index (χ2v) is 3.61. The molecule has 0 N–H and O–H groups in total. The highest BCUT2D eigenvalue weighted by Crippen LogP contribution is 2.14. The summed E-state index contributed by atoms with van der Waals surface area (Å²) in [6, 6.07) is 5.44. The minimum atomic E-state index is -0.311. The topological polar surface area (TPSA) is 43.6 Å². The zero-order valence-corrected chi connectivity index (χ0v) is 9.65. The molecule has 0 saturated carbocycles. The van der Waals surface area contributed by atoms with Gasteiger partial charge in [-0.15, -0.1) is 0 Å². The fourth-order valence-corrected chi connectivity index (χ4v) is 1.72. The average molecular weight is 218 g/mol. The lowest BCUT2D eigenvalue weighted by atomic mass is 10.3. The molecule has 0 atom stereocenters. The molecule has 0 amide bonds. The van der Waals surface area contributed by atoms with Crippen LogP contribution in [0.2, 0.25) is 0 Å². The van der Waals surface area contributed by atoms with E-state index in [1.54, 1.807) is 13.0 Å². The number of carbonyl (C=O) groups is 1. The van der Waals surface area contributed by atoms with Crippen molar-refractivity contribution in [3.63, 3.8) is 0 Å². The van der Waals surface area contributed by atoms with Gasteiger partial charge >= 0.3 is 5.97 Å². The van der Waals surface area contributed by atoms with Crippen molar-refractivity contribution in [2.75, 3.05) is 6.61 Å². The molecule has 0 aliphatic rings. The first kappa shape index (κ1) is 10.7. The summed E-state index contributed by atoms with van der Waals surface area (Å²) in [5.74, 6) is -0.311. The van der Waals surface area contributed by atoms with Gasteiger partial charge in [0.05, 0.1) is 12.3 Å². The van der Waals surface area contributed by atoms with Gasteiger partial charge in [0.2, 0.25) is 0 Å². The number of nitrogens with zero attached hydrogens (tertiary/aromatic N) is 2. The van der Waals surface area contributed by atoms with Crippen molar-refractivity contribution in [1.82, 2.24) is 9.38 Å². The van der Waals surface area contributed by atoms with Crippen LogP contribution in [0.15, 0.2) is 18.2 Å². The summed E-state index contributed by atoms with van der Waals surface area (Å²) < 4.78 is 6.84. The predicted molar refractivity (Wildman–Crippen MR) is 60.6 cm³/mol. The second-order valence-electron chi connectivity index (χ2n) is 3.61. The van der Waals surface area contributed by atoms with Crippen molar-refractivity contribution >= 4 is 11.6 Å². The summed E-state index contributed by atoms with van der Waals surface area (Å²) in [6.45, 7) is 6.04. The molecule has 2 aromatic heterocycles. The van der Waals surface area contributed by atoms with Crippen LogP contribution < -0.4 is 0 Å². The van der Waals surface area contributed by atoms with E-state index in [0.717, 1.165) is 17.0 Å². The van der Waals surface area contributed by atoms with Gasteiger partial charge in [-0.25, -0.2) is 9.78 Å². The third kappa shape index (κ3) is 1.56. The molecular weight excluding hydrogens is 204 g/mol. The lowest BCUT2D eigenvalue weighted by Crippen LogP contribution is -2.10. The van der Waals surface area contributed by atoms with E-state index in [1.165, 1.54) is 0 Å². The Morgan fingerprint density at radius 1 is 1.44 bits per heavy atom. The van der Waals surface area contributed by atoms with Gasteiger partial charge in [-0.1, -0.05) is 6.07 Å². The maximum Gasteiger partial charge on any atom is 0.355 e. The molecule has 0 radical (unpaired) electrons. The number of aryl methyl sites for hydroxylation is 2. The molecule has 0 unspecified atom stereocenters. The Hall–Kier alpha value is -1.84. The number of hydrogen-bond donors (Lipinski definition) is 0. The number of aromatic nitrogens is 2. The summed E-state index contributed by atoms with van der Waals surface area (Å²) >= 11 is 0. The third-order valence-corrected chi connectivity index (χ3v) is 2.60. The number of carbonyl (C=O) groups excluding carboxylic acids is 1. The van der Waals surface area contributed by atoms with Crippen molar-refractivity contribution in [2.24, 2.45) is 0 Å². The van der Waals surface area contributed by atoms with E-state index in [2.05, 4.69) is 4.98 Å². The highest BCUT2D eigenvalue weighted by atomic mass is 16.5. The van der Waals surface area contributed by atoms with Crippen LogP contribution in [0.1, 0.15) is 28.8 Å². The number of hydrogen-bond acceptors (Lipinski definition) is 3. The number of ether oxygens (including phenoxy) is 1. The molecule has 0 aromatic carbocycles. The first-order valence-electron chi connectivity index (χ1n) is 5.27. The largest absolute Gasteiger partial charge is 0.461 e. The first-order valence-corrected chi connectivity index (χ1v) is 5.27. The van der Waals surface area contributed by atoms with E-state index in [-0.39, 0.29) is 5.97 Å². The summed E-state index contributed by atoms with van der Waals surface area (Å²) in [5.41, 5.74) is 3.20. The number of rotatable bonds is 2. The maximum absolute atomic E-state index is 11.7. The number of imidazole rings is 1. The molecule has 0 bridgehead atoms. The highest BCUT2D eigenvalue weighted by molar-refractivity contribution is 5.88. The molecule has 0 spiro atoms. The third-order valence-electron chi connectivity index (χ3n) is 2.60. The van der Waals surface area contributed by atoms with Crippen LogP contribution in [0.4, 0.5) is 0 Å². The minimum absolute atomic E-state index is 0.311. The van der Waals surface area contributed by atoms with E-state index in [1.807, 2.05) is 30.4 Å². The van der Waals surface area contributed by atoms with E-state index in [4.69, 9.17) is 4.74 Å². The Labute approximate surface area is 93.9 Å². The van der Waals surface area contributed by atoms with Crippen LogP contribution in [0.5, 0.6) is 0 Å². The Morgan fingerprint density at radius 2 is 2.19 bits per heavy atom. The van der Waals surface area contributed by atoms with Gasteiger partial charge in [-0.3, -0.25) is 4.40 Å². The Bertz CT molecular complexity index is 543. The molecule has 2 heterocycles. The summed E-state index contributed by atoms with van der Waals surface area (Å²) in [5, 5.41) is 0. The maximum atomic E-state index is 11.7. The van der Waals surface area contributed by atoms with Crippen LogP contribution in [0.25, 0.3) is 5.65 Å². The Kier molecular flexibility index (Phi) is 2.64. The molecule has 4 heteroatoms. The Morgan fingerprint density at radius 3 is 2.88 bits per heavy atom. The van der Waals surface area contributed by atoms with Crippen molar-refractivity contribution in [3.05, 3.63) is 35.3 Å². The average Bonchev–Trinajstić information content (AvgIpc) is 2.55. The summed E-state index contributed by atoms with van der Waals surface area (Å²) in [4.78, 5) is 16.1. The molecule has 0 aliphatic heterocycles. The Balaban J connectivity index is 2.65. The highest BCUT2D eigenvalue weighted by Gasteiger charge is 2.14. The van der Waals surface area contributed by atoms with Gasteiger partial charge in [0.1, 0.15) is 11.3 Å². The smallest absolute Gasteiger partial charge is 0.355 e. The van der Waals surface area contributed by atoms with Crippen LogP contribution in [0.3, 0.4) is 0 Å². The zero-order valence-electron chi connectivity index (χ0n) is 9.65. The SMILES string of the molecule is CCOC(=O)c1cccc2nc(C)c(C)n12. The minimum Gasteiger partial charge on any atom is -0.461 e. The van der Waals surface area contributed by atoms with E-state index < -0.39 is 0 Å². The molecular formula is C12H14N2O2. The number of pyridine rings is 1. The fourth-order valence-electron chi connectivity index (χ4n) is 1.72. The van der Waals surface area contributed by atoms with Gasteiger partial charge in [-0.05, 0) is 32.9 Å². The van der Waals surface area contributed by atoms with Crippen LogP contribution in [0, 0.1) is 13.8 Å². The van der Waals surface area contributed by atoms with Gasteiger partial charge in [0, 0.05) is 5.69 Å². The van der Waals surface area contributed by atoms with E-state index in [0.29, 0.717) is 12.3 Å². The summed E-state index contributed by atoms with van der Waals surface area (Å²) in [6.07, 6.45) is 0. The van der Waals surface area contributed by atoms with Crippen molar-refractivity contribution in [1.29, 1.82) is 0 Å². The number of fused-ring (bicyclic) bond motifs is 1. The molecule has 84 valence electrons. The lowest BCUT2D eigenvalue weighted by Gasteiger charge is -2.06. The zero-order chi connectivity index (χ0) is 11.7. The second kappa shape index (κ2) is 3.96. The van der Waals surface area contributed by atoms with Gasteiger partial charge < -0.3 is 4.74 Å². The quantitative estimate of drug-likeness (QED) is 0.725. The van der Waals surface area contributed by atoms with Gasteiger partial charge in [-0.2, -0.15) is 0 Å². The molecule has 0 fully saturated rings. The van der Waals surface area contributed by atoms with Crippen molar-refractivity contribution in [3.8, 4) is 0 Å². The van der Waals surface area contributed by atoms with E-state index >= 15 is 0 Å². The number of esters is 1. The van der Waals surface area contributed by atoms with Crippen LogP contribution >= 0.6 is 0 Å². The molecule has 0 saturated heterocycles. The van der Waals surface area contributed by atoms with Crippen molar-refractivity contribution in [2.45, 2.75) is 20.8 Å². The van der Waals surface area contributed by atoms with Gasteiger partial charge in [0.15, 0.2) is 0 Å². The predicted octanol–water partition coefficient (Wildman–Crippen LogP) is 2.13. The monoisotopic (exact) mass is 218 g/mol. The fraction of sp³-hybridized carbons (Fsp3) is 0.333. The lowest BCUT2D eigenvalue weighted by molar-refractivity contribution is 0.0517. The molecule has 4 nitrogen and oxygen atoms in total. The molecule has 2 rings (SSSR count). The first-order chi connectivity index (χ1) is 7.65. The normalized spacial score (nSPS) is 10.7.